The van der Waals surface area contributed by atoms with Gasteiger partial charge in [0.1, 0.15) is 12.3 Å². The van der Waals surface area contributed by atoms with Gasteiger partial charge in [0.05, 0.1) is 6.20 Å². The van der Waals surface area contributed by atoms with E-state index < -0.39 is 0 Å². The average molecular weight is 376 g/mol. The van der Waals surface area contributed by atoms with E-state index in [4.69, 9.17) is 9.41 Å². The molecule has 1 atom stereocenters. The Morgan fingerprint density at radius 2 is 2.07 bits per heavy atom. The number of nitrogens with one attached hydrogen (secondary N) is 2. The van der Waals surface area contributed by atoms with E-state index >= 15 is 0 Å². The second kappa shape index (κ2) is 9.09. The molecule has 3 rings (SSSR count). The Kier molecular flexibility index (Phi) is 6.79. The molecule has 0 bridgehead atoms. The van der Waals surface area contributed by atoms with Gasteiger partial charge in [-0.05, 0) is 32.1 Å². The molecule has 2 fully saturated rings. The minimum absolute atomic E-state index is 0.0235. The maximum atomic E-state index is 5.86. The highest BCUT2D eigenvalue weighted by atomic mass is 16.4. The van der Waals surface area contributed by atoms with Crippen LogP contribution in [0.4, 0.5) is 0 Å². The third-order valence-corrected chi connectivity index (χ3v) is 5.61. The lowest BCUT2D eigenvalue weighted by molar-refractivity contribution is 0.275. The van der Waals surface area contributed by atoms with Gasteiger partial charge in [0.2, 0.25) is 5.89 Å². The SMILES string of the molecule is CCNC(=NCc1ncc(C(C)(C)C)o1)NC1CCN(CC2CCCC2)C1. The fourth-order valence-electron chi connectivity index (χ4n) is 4.06. The molecule has 1 saturated carbocycles. The van der Waals surface area contributed by atoms with Gasteiger partial charge in [-0.15, -0.1) is 0 Å². The van der Waals surface area contributed by atoms with Crippen molar-refractivity contribution in [3.05, 3.63) is 17.8 Å². The lowest BCUT2D eigenvalue weighted by Gasteiger charge is -2.21. The fraction of sp³-hybridized carbons (Fsp3) is 0.810. The van der Waals surface area contributed by atoms with Crippen LogP contribution in [0.5, 0.6) is 0 Å². The molecule has 2 N–H and O–H groups in total. The average Bonchev–Trinajstić information content (AvgIpc) is 3.34. The first-order valence-electron chi connectivity index (χ1n) is 10.7. The summed E-state index contributed by atoms with van der Waals surface area (Å²) in [6, 6.07) is 0.471. The van der Waals surface area contributed by atoms with Crippen molar-refractivity contribution in [1.29, 1.82) is 0 Å². The summed E-state index contributed by atoms with van der Waals surface area (Å²) >= 11 is 0. The summed E-state index contributed by atoms with van der Waals surface area (Å²) in [7, 11) is 0. The molecule has 6 nitrogen and oxygen atoms in total. The summed E-state index contributed by atoms with van der Waals surface area (Å²) in [6.45, 7) is 13.4. The normalized spacial score (nSPS) is 22.5. The number of nitrogens with zero attached hydrogens (tertiary/aromatic N) is 3. The largest absolute Gasteiger partial charge is 0.443 e. The summed E-state index contributed by atoms with van der Waals surface area (Å²) in [5.74, 6) is 3.36. The van der Waals surface area contributed by atoms with Crippen LogP contribution in [0, 0.1) is 5.92 Å². The van der Waals surface area contributed by atoms with Crippen LogP contribution in [0.3, 0.4) is 0 Å². The molecule has 1 saturated heterocycles. The molecule has 2 aliphatic rings. The van der Waals surface area contributed by atoms with E-state index in [9.17, 15) is 0 Å². The zero-order valence-electron chi connectivity index (χ0n) is 17.6. The van der Waals surface area contributed by atoms with Gasteiger partial charge in [0, 0.05) is 37.6 Å². The molecule has 1 aromatic heterocycles. The highest BCUT2D eigenvalue weighted by molar-refractivity contribution is 5.80. The highest BCUT2D eigenvalue weighted by Gasteiger charge is 2.26. The summed E-state index contributed by atoms with van der Waals surface area (Å²) in [4.78, 5) is 11.7. The van der Waals surface area contributed by atoms with Crippen LogP contribution in [-0.4, -0.2) is 48.1 Å². The summed E-state index contributed by atoms with van der Waals surface area (Å²) in [5.41, 5.74) is -0.0235. The van der Waals surface area contributed by atoms with Gasteiger partial charge in [-0.3, -0.25) is 0 Å². The van der Waals surface area contributed by atoms with Gasteiger partial charge in [-0.25, -0.2) is 9.98 Å². The monoisotopic (exact) mass is 375 g/mol. The second-order valence-corrected chi connectivity index (χ2v) is 9.10. The van der Waals surface area contributed by atoms with Crippen molar-refractivity contribution in [3.63, 3.8) is 0 Å². The van der Waals surface area contributed by atoms with Crippen LogP contribution in [0.25, 0.3) is 0 Å². The molecule has 1 aromatic rings. The van der Waals surface area contributed by atoms with Crippen molar-refractivity contribution >= 4 is 5.96 Å². The lowest BCUT2D eigenvalue weighted by atomic mass is 9.94. The number of likely N-dealkylation sites (tertiary alicyclic amines) is 1. The van der Waals surface area contributed by atoms with Crippen molar-refractivity contribution in [2.45, 2.75) is 77.8 Å². The maximum absolute atomic E-state index is 5.86. The first-order chi connectivity index (χ1) is 12.9. The first-order valence-corrected chi connectivity index (χ1v) is 10.7. The molecule has 1 unspecified atom stereocenters. The van der Waals surface area contributed by atoms with E-state index in [-0.39, 0.29) is 5.41 Å². The van der Waals surface area contributed by atoms with E-state index in [1.54, 1.807) is 0 Å². The number of rotatable bonds is 6. The molecule has 6 heteroatoms. The minimum Gasteiger partial charge on any atom is -0.443 e. The first kappa shape index (κ1) is 20.2. The number of hydrogen-bond acceptors (Lipinski definition) is 4. The summed E-state index contributed by atoms with van der Waals surface area (Å²) < 4.78 is 5.86. The zero-order valence-corrected chi connectivity index (χ0v) is 17.6. The number of oxazole rings is 1. The molecule has 1 aliphatic carbocycles. The van der Waals surface area contributed by atoms with Crippen molar-refractivity contribution in [2.75, 3.05) is 26.2 Å². The number of aliphatic imine (C=N–C) groups is 1. The smallest absolute Gasteiger partial charge is 0.216 e. The van der Waals surface area contributed by atoms with Gasteiger partial charge < -0.3 is 20.0 Å². The molecule has 0 radical (unpaired) electrons. The fourth-order valence-corrected chi connectivity index (χ4v) is 4.06. The van der Waals surface area contributed by atoms with E-state index in [0.29, 0.717) is 18.5 Å². The number of aromatic nitrogens is 1. The van der Waals surface area contributed by atoms with E-state index in [1.807, 2.05) is 6.20 Å². The molecule has 0 amide bonds. The van der Waals surface area contributed by atoms with E-state index in [0.717, 1.165) is 30.7 Å². The molecule has 0 aromatic carbocycles. The van der Waals surface area contributed by atoms with Crippen LogP contribution < -0.4 is 10.6 Å². The van der Waals surface area contributed by atoms with Crippen molar-refractivity contribution in [3.8, 4) is 0 Å². The molecule has 152 valence electrons. The van der Waals surface area contributed by atoms with Crippen LogP contribution in [0.1, 0.15) is 71.5 Å². The topological polar surface area (TPSA) is 65.7 Å². The Morgan fingerprint density at radius 3 is 2.74 bits per heavy atom. The van der Waals surface area contributed by atoms with Crippen molar-refractivity contribution < 1.29 is 4.42 Å². The van der Waals surface area contributed by atoms with Gasteiger partial charge in [-0.2, -0.15) is 0 Å². The number of guanidine groups is 1. The molecular weight excluding hydrogens is 338 g/mol. The second-order valence-electron chi connectivity index (χ2n) is 9.10. The standard InChI is InChI=1S/C21H37N5O/c1-5-22-20(24-13-19-23-12-18(27-19)21(2,3)4)25-17-10-11-26(15-17)14-16-8-6-7-9-16/h12,16-17H,5-11,13-15H2,1-4H3,(H2,22,24,25). The summed E-state index contributed by atoms with van der Waals surface area (Å²) in [6.07, 6.45) is 8.70. The van der Waals surface area contributed by atoms with E-state index in [2.05, 4.69) is 48.2 Å². The highest BCUT2D eigenvalue weighted by Crippen LogP contribution is 2.26. The van der Waals surface area contributed by atoms with E-state index in [1.165, 1.54) is 45.2 Å². The quantitative estimate of drug-likeness (QED) is 0.590. The van der Waals surface area contributed by atoms with Crippen molar-refractivity contribution in [1.82, 2.24) is 20.5 Å². The molecule has 0 spiro atoms. The Bertz CT molecular complexity index is 612. The van der Waals surface area contributed by atoms with Gasteiger partial charge in [0.25, 0.3) is 0 Å². The third kappa shape index (κ3) is 5.96. The zero-order chi connectivity index (χ0) is 19.3. The summed E-state index contributed by atoms with van der Waals surface area (Å²) in [5, 5.41) is 6.96. The molecular formula is C21H37N5O. The Morgan fingerprint density at radius 1 is 1.30 bits per heavy atom. The van der Waals surface area contributed by atoms with Crippen LogP contribution in [0.15, 0.2) is 15.6 Å². The lowest BCUT2D eigenvalue weighted by Crippen LogP contribution is -2.44. The number of hydrogen-bond donors (Lipinski definition) is 2. The molecule has 1 aliphatic heterocycles. The van der Waals surface area contributed by atoms with Crippen LogP contribution in [-0.2, 0) is 12.0 Å². The van der Waals surface area contributed by atoms with Crippen molar-refractivity contribution in [2.24, 2.45) is 10.9 Å². The molecule has 2 heterocycles. The van der Waals surface area contributed by atoms with Gasteiger partial charge >= 0.3 is 0 Å². The predicted molar refractivity (Wildman–Crippen MR) is 110 cm³/mol. The van der Waals surface area contributed by atoms with Gasteiger partial charge in [0.15, 0.2) is 5.96 Å². The minimum atomic E-state index is -0.0235. The predicted octanol–water partition coefficient (Wildman–Crippen LogP) is 3.29. The van der Waals surface area contributed by atoms with Crippen LogP contribution in [0.2, 0.25) is 0 Å². The third-order valence-electron chi connectivity index (χ3n) is 5.61. The molecule has 27 heavy (non-hydrogen) atoms. The Hall–Kier alpha value is -1.56. The maximum Gasteiger partial charge on any atom is 0.216 e. The Balaban J connectivity index is 1.51. The van der Waals surface area contributed by atoms with Gasteiger partial charge in [-0.1, -0.05) is 33.6 Å². The van der Waals surface area contributed by atoms with Crippen LogP contribution >= 0.6 is 0 Å². The Labute approximate surface area is 164 Å².